The Labute approximate surface area is 145 Å². The molecule has 2 heterocycles. The zero-order chi connectivity index (χ0) is 17.8. The van der Waals surface area contributed by atoms with Gasteiger partial charge in [-0.3, -0.25) is 9.89 Å². The van der Waals surface area contributed by atoms with Crippen LogP contribution in [0.4, 0.5) is 13.2 Å². The lowest BCUT2D eigenvalue weighted by Gasteiger charge is -2.19. The molecule has 25 heavy (non-hydrogen) atoms. The summed E-state index contributed by atoms with van der Waals surface area (Å²) < 4.78 is 39.5. The van der Waals surface area contributed by atoms with Crippen LogP contribution in [0, 0.1) is 0 Å². The molecule has 3 aromatic rings. The molecule has 4 rings (SSSR count). The van der Waals surface area contributed by atoms with Crippen LogP contribution < -0.4 is 5.56 Å². The van der Waals surface area contributed by atoms with Gasteiger partial charge >= 0.3 is 6.18 Å². The molecule has 0 saturated heterocycles. The number of aromatic nitrogens is 2. The Balaban J connectivity index is 1.86. The molecule has 0 amide bonds. The van der Waals surface area contributed by atoms with Crippen LogP contribution in [0.5, 0.6) is 0 Å². The van der Waals surface area contributed by atoms with Gasteiger partial charge in [-0.15, -0.1) is 11.8 Å². The second-order valence-corrected chi connectivity index (χ2v) is 7.22. The number of alkyl halides is 3. The maximum Gasteiger partial charge on any atom is 0.416 e. The first kappa shape index (κ1) is 16.1. The van der Waals surface area contributed by atoms with Crippen LogP contribution >= 0.6 is 11.8 Å². The summed E-state index contributed by atoms with van der Waals surface area (Å²) in [7, 11) is 0. The number of thioether (sulfide) groups is 1. The van der Waals surface area contributed by atoms with Crippen molar-refractivity contribution in [2.75, 3.05) is 0 Å². The highest BCUT2D eigenvalue weighted by atomic mass is 32.2. The molecule has 1 aliphatic heterocycles. The monoisotopic (exact) mass is 362 g/mol. The Morgan fingerprint density at radius 3 is 2.44 bits per heavy atom. The van der Waals surface area contributed by atoms with Crippen molar-refractivity contribution in [3.63, 3.8) is 0 Å². The van der Waals surface area contributed by atoms with E-state index in [1.54, 1.807) is 11.8 Å². The molecule has 0 aliphatic carbocycles. The van der Waals surface area contributed by atoms with Crippen molar-refractivity contribution in [2.24, 2.45) is 0 Å². The van der Waals surface area contributed by atoms with Crippen LogP contribution in [0.15, 0.2) is 58.2 Å². The highest BCUT2D eigenvalue weighted by Crippen LogP contribution is 2.46. The standard InChI is InChI=1S/C18H13F3N2OS/c1-10-15-16(13-4-2-3-5-14(13)25-10)22-23(17(15)24)12-8-6-11(7-9-12)18(19,20)21/h2-10,22H,1H3. The topological polar surface area (TPSA) is 37.8 Å². The summed E-state index contributed by atoms with van der Waals surface area (Å²) in [5, 5.41) is 3.03. The van der Waals surface area contributed by atoms with Crippen LogP contribution in [0.25, 0.3) is 16.9 Å². The Kier molecular flexibility index (Phi) is 3.57. The molecular weight excluding hydrogens is 349 g/mol. The van der Waals surface area contributed by atoms with Gasteiger partial charge in [0.05, 0.1) is 22.5 Å². The minimum absolute atomic E-state index is 0.0376. The number of H-pyrrole nitrogens is 1. The number of hydrogen-bond donors (Lipinski definition) is 1. The van der Waals surface area contributed by atoms with Gasteiger partial charge < -0.3 is 0 Å². The number of rotatable bonds is 1. The number of hydrogen-bond acceptors (Lipinski definition) is 2. The average molecular weight is 362 g/mol. The molecule has 0 radical (unpaired) electrons. The summed E-state index contributed by atoms with van der Waals surface area (Å²) in [6.45, 7) is 1.95. The molecule has 3 nitrogen and oxygen atoms in total. The Hall–Kier alpha value is -2.41. The van der Waals surface area contributed by atoms with Crippen LogP contribution in [0.3, 0.4) is 0 Å². The van der Waals surface area contributed by atoms with E-state index in [0.29, 0.717) is 11.3 Å². The minimum atomic E-state index is -4.40. The second kappa shape index (κ2) is 5.56. The molecular formula is C18H13F3N2OS. The highest BCUT2D eigenvalue weighted by molar-refractivity contribution is 7.99. The summed E-state index contributed by atoms with van der Waals surface area (Å²) >= 11 is 1.60. The summed E-state index contributed by atoms with van der Waals surface area (Å²) in [5.74, 6) is 0. The van der Waals surface area contributed by atoms with E-state index in [1.807, 2.05) is 31.2 Å². The largest absolute Gasteiger partial charge is 0.416 e. The van der Waals surface area contributed by atoms with Gasteiger partial charge in [0, 0.05) is 15.7 Å². The van der Waals surface area contributed by atoms with E-state index in [1.165, 1.54) is 16.8 Å². The third kappa shape index (κ3) is 2.59. The smallest absolute Gasteiger partial charge is 0.290 e. The maximum atomic E-state index is 12.8. The first-order valence-corrected chi connectivity index (χ1v) is 8.53. The zero-order valence-electron chi connectivity index (χ0n) is 13.1. The molecule has 1 aromatic heterocycles. The van der Waals surface area contributed by atoms with Gasteiger partial charge in [0.25, 0.3) is 5.56 Å². The van der Waals surface area contributed by atoms with Crippen molar-refractivity contribution < 1.29 is 13.2 Å². The summed E-state index contributed by atoms with van der Waals surface area (Å²) in [4.78, 5) is 13.9. The molecule has 1 aliphatic rings. The van der Waals surface area contributed by atoms with Crippen molar-refractivity contribution in [1.82, 2.24) is 9.78 Å². The molecule has 7 heteroatoms. The summed E-state index contributed by atoms with van der Waals surface area (Å²) in [6.07, 6.45) is -4.40. The molecule has 1 atom stereocenters. The average Bonchev–Trinajstić information content (AvgIpc) is 2.93. The fourth-order valence-corrected chi connectivity index (χ4v) is 4.21. The van der Waals surface area contributed by atoms with Crippen molar-refractivity contribution in [3.05, 3.63) is 70.0 Å². The van der Waals surface area contributed by atoms with Crippen LogP contribution in [-0.4, -0.2) is 9.78 Å². The molecule has 128 valence electrons. The van der Waals surface area contributed by atoms with Gasteiger partial charge in [-0.2, -0.15) is 13.2 Å². The molecule has 2 aromatic carbocycles. The lowest BCUT2D eigenvalue weighted by molar-refractivity contribution is -0.137. The van der Waals surface area contributed by atoms with Crippen LogP contribution in [-0.2, 0) is 6.18 Å². The second-order valence-electron chi connectivity index (χ2n) is 5.84. The molecule has 0 saturated carbocycles. The lowest BCUT2D eigenvalue weighted by Crippen LogP contribution is -2.18. The number of halogens is 3. The van der Waals surface area contributed by atoms with Gasteiger partial charge in [0.1, 0.15) is 0 Å². The Morgan fingerprint density at radius 2 is 1.76 bits per heavy atom. The highest BCUT2D eigenvalue weighted by Gasteiger charge is 2.31. The minimum Gasteiger partial charge on any atom is -0.290 e. The van der Waals surface area contributed by atoms with Crippen molar-refractivity contribution in [3.8, 4) is 16.9 Å². The van der Waals surface area contributed by atoms with E-state index in [-0.39, 0.29) is 10.8 Å². The lowest BCUT2D eigenvalue weighted by atomic mass is 10.1. The number of nitrogens with zero attached hydrogens (tertiary/aromatic N) is 1. The number of aromatic amines is 1. The van der Waals surface area contributed by atoms with Gasteiger partial charge in [-0.05, 0) is 37.3 Å². The van der Waals surface area contributed by atoms with Crippen LogP contribution in [0.1, 0.15) is 23.3 Å². The first-order valence-electron chi connectivity index (χ1n) is 7.65. The van der Waals surface area contributed by atoms with E-state index in [4.69, 9.17) is 0 Å². The Bertz CT molecular complexity index is 1000. The van der Waals surface area contributed by atoms with Gasteiger partial charge in [-0.1, -0.05) is 18.2 Å². The molecule has 0 bridgehead atoms. The third-order valence-electron chi connectivity index (χ3n) is 4.25. The third-order valence-corrected chi connectivity index (χ3v) is 5.45. The fourth-order valence-electron chi connectivity index (χ4n) is 3.04. The normalized spacial score (nSPS) is 16.4. The number of fused-ring (bicyclic) bond motifs is 3. The predicted octanol–water partition coefficient (Wildman–Crippen LogP) is 5.02. The fraction of sp³-hybridized carbons (Fsp3) is 0.167. The van der Waals surface area contributed by atoms with Crippen molar-refractivity contribution in [2.45, 2.75) is 23.2 Å². The van der Waals surface area contributed by atoms with Crippen molar-refractivity contribution in [1.29, 1.82) is 0 Å². The Morgan fingerprint density at radius 1 is 1.08 bits per heavy atom. The summed E-state index contributed by atoms with van der Waals surface area (Å²) in [6, 6.07) is 12.3. The molecule has 1 unspecified atom stereocenters. The van der Waals surface area contributed by atoms with E-state index < -0.39 is 11.7 Å². The van der Waals surface area contributed by atoms with Gasteiger partial charge in [0.2, 0.25) is 0 Å². The van der Waals surface area contributed by atoms with E-state index in [0.717, 1.165) is 28.3 Å². The summed E-state index contributed by atoms with van der Waals surface area (Å²) in [5.41, 5.74) is 1.71. The maximum absolute atomic E-state index is 12.8. The van der Waals surface area contributed by atoms with Gasteiger partial charge in [0.15, 0.2) is 0 Å². The van der Waals surface area contributed by atoms with E-state index in [2.05, 4.69) is 5.10 Å². The van der Waals surface area contributed by atoms with Gasteiger partial charge in [-0.25, -0.2) is 4.68 Å². The SMILES string of the molecule is CC1Sc2ccccc2-c2[nH]n(-c3ccc(C(F)(F)F)cc3)c(=O)c21. The zero-order valence-corrected chi connectivity index (χ0v) is 13.9. The quantitative estimate of drug-likeness (QED) is 0.660. The van der Waals surface area contributed by atoms with E-state index >= 15 is 0 Å². The molecule has 0 fully saturated rings. The predicted molar refractivity (Wildman–Crippen MR) is 91.1 cm³/mol. The number of benzene rings is 2. The van der Waals surface area contributed by atoms with Crippen LogP contribution in [0.2, 0.25) is 0 Å². The molecule has 1 N–H and O–H groups in total. The molecule has 0 spiro atoms. The number of nitrogens with one attached hydrogen (secondary N) is 1. The van der Waals surface area contributed by atoms with Crippen molar-refractivity contribution >= 4 is 11.8 Å². The first-order chi connectivity index (χ1) is 11.9. The van der Waals surface area contributed by atoms with E-state index in [9.17, 15) is 18.0 Å².